The smallest absolute Gasteiger partial charge is 0.322 e. The van der Waals surface area contributed by atoms with Crippen LogP contribution >= 0.6 is 0 Å². The van der Waals surface area contributed by atoms with E-state index in [9.17, 15) is 4.79 Å². The molecule has 0 bridgehead atoms. The molecule has 0 unspecified atom stereocenters. The Bertz CT molecular complexity index is 540. The van der Waals surface area contributed by atoms with Gasteiger partial charge in [0, 0.05) is 34.5 Å². The van der Waals surface area contributed by atoms with Crippen LogP contribution < -0.4 is 11.1 Å². The van der Waals surface area contributed by atoms with Gasteiger partial charge >= 0.3 is 5.97 Å². The Morgan fingerprint density at radius 1 is 1.38 bits per heavy atom. The molecule has 0 aliphatic rings. The molecule has 0 saturated carbocycles. The summed E-state index contributed by atoms with van der Waals surface area (Å²) in [6.07, 6.45) is 3.31. The molecule has 4 N–H and O–H groups in total. The van der Waals surface area contributed by atoms with E-state index in [4.69, 9.17) is 10.8 Å². The molecule has 0 amide bonds. The number of anilines is 2. The van der Waals surface area contributed by atoms with Gasteiger partial charge in [-0.15, -0.1) is 0 Å². The van der Waals surface area contributed by atoms with Crippen LogP contribution in [0.5, 0.6) is 0 Å². The Hall–Kier alpha value is -2.30. The summed E-state index contributed by atoms with van der Waals surface area (Å²) in [7, 11) is 0. The maximum atomic E-state index is 10.5. The molecular weight excluding hydrogens is 206 g/mol. The highest BCUT2D eigenvalue weighted by molar-refractivity contribution is 6.00. The topological polar surface area (TPSA) is 88.2 Å². The number of hydrogen-bond acceptors (Lipinski definition) is 4. The number of hydrogen-bond donors (Lipinski definition) is 3. The van der Waals surface area contributed by atoms with E-state index >= 15 is 0 Å². The van der Waals surface area contributed by atoms with Gasteiger partial charge in [0.05, 0.1) is 0 Å². The Kier molecular flexibility index (Phi) is 2.59. The Morgan fingerprint density at radius 3 is 2.94 bits per heavy atom. The average molecular weight is 217 g/mol. The van der Waals surface area contributed by atoms with Gasteiger partial charge in [0.1, 0.15) is 6.54 Å². The minimum atomic E-state index is -0.904. The van der Waals surface area contributed by atoms with Gasteiger partial charge in [0.15, 0.2) is 0 Å². The van der Waals surface area contributed by atoms with Crippen molar-refractivity contribution in [2.24, 2.45) is 0 Å². The maximum absolute atomic E-state index is 10.5. The van der Waals surface area contributed by atoms with Crippen molar-refractivity contribution < 1.29 is 9.90 Å². The highest BCUT2D eigenvalue weighted by Gasteiger charge is 2.04. The van der Waals surface area contributed by atoms with Crippen LogP contribution in [0.3, 0.4) is 0 Å². The SMILES string of the molecule is Nc1ccc(NCC(=O)O)c2ccncc12. The molecule has 0 atom stereocenters. The predicted molar refractivity (Wildman–Crippen MR) is 62.3 cm³/mol. The van der Waals surface area contributed by atoms with Gasteiger partial charge < -0.3 is 16.2 Å². The van der Waals surface area contributed by atoms with E-state index in [1.807, 2.05) is 0 Å². The molecule has 2 aromatic rings. The molecular formula is C11H11N3O2. The van der Waals surface area contributed by atoms with Gasteiger partial charge in [-0.05, 0) is 18.2 Å². The van der Waals surface area contributed by atoms with E-state index in [1.165, 1.54) is 0 Å². The third kappa shape index (κ3) is 1.88. The van der Waals surface area contributed by atoms with Crippen molar-refractivity contribution in [2.45, 2.75) is 0 Å². The summed E-state index contributed by atoms with van der Waals surface area (Å²) in [5.41, 5.74) is 7.17. The summed E-state index contributed by atoms with van der Waals surface area (Å²) in [6.45, 7) is -0.124. The lowest BCUT2D eigenvalue weighted by molar-refractivity contribution is -0.134. The lowest BCUT2D eigenvalue weighted by Gasteiger charge is -2.09. The summed E-state index contributed by atoms with van der Waals surface area (Å²) in [6, 6.07) is 5.30. The summed E-state index contributed by atoms with van der Waals surface area (Å²) < 4.78 is 0. The number of carbonyl (C=O) groups is 1. The van der Waals surface area contributed by atoms with Crippen LogP contribution in [0.15, 0.2) is 30.6 Å². The lowest BCUT2D eigenvalue weighted by atomic mass is 10.1. The Morgan fingerprint density at radius 2 is 2.19 bits per heavy atom. The van der Waals surface area contributed by atoms with Gasteiger partial charge in [-0.1, -0.05) is 0 Å². The largest absolute Gasteiger partial charge is 0.480 e. The number of nitrogen functional groups attached to an aromatic ring is 1. The summed E-state index contributed by atoms with van der Waals surface area (Å²) in [4.78, 5) is 14.5. The van der Waals surface area contributed by atoms with E-state index in [-0.39, 0.29) is 6.54 Å². The molecule has 16 heavy (non-hydrogen) atoms. The quantitative estimate of drug-likeness (QED) is 0.674. The summed E-state index contributed by atoms with van der Waals surface area (Å²) >= 11 is 0. The molecule has 0 aliphatic heterocycles. The van der Waals surface area contributed by atoms with Gasteiger partial charge in [-0.2, -0.15) is 0 Å². The fourth-order valence-corrected chi connectivity index (χ4v) is 1.54. The summed E-state index contributed by atoms with van der Waals surface area (Å²) in [5.74, 6) is -0.904. The van der Waals surface area contributed by atoms with E-state index in [0.717, 1.165) is 16.5 Å². The maximum Gasteiger partial charge on any atom is 0.322 e. The number of nitrogens with two attached hydrogens (primary N) is 1. The molecule has 82 valence electrons. The highest BCUT2D eigenvalue weighted by atomic mass is 16.4. The number of carboxylic acids is 1. The van der Waals surface area contributed by atoms with Gasteiger partial charge in [-0.25, -0.2) is 0 Å². The van der Waals surface area contributed by atoms with Crippen molar-refractivity contribution in [1.29, 1.82) is 0 Å². The normalized spacial score (nSPS) is 10.2. The average Bonchev–Trinajstić information content (AvgIpc) is 2.28. The zero-order valence-corrected chi connectivity index (χ0v) is 8.47. The highest BCUT2D eigenvalue weighted by Crippen LogP contribution is 2.27. The van der Waals surface area contributed by atoms with Crippen LogP contribution in [-0.4, -0.2) is 22.6 Å². The van der Waals surface area contributed by atoms with Crippen LogP contribution in [-0.2, 0) is 4.79 Å². The van der Waals surface area contributed by atoms with E-state index in [1.54, 1.807) is 30.6 Å². The van der Waals surface area contributed by atoms with Crippen LogP contribution in [0.1, 0.15) is 0 Å². The number of carboxylic acid groups (broad SMARTS) is 1. The van der Waals surface area contributed by atoms with Crippen molar-refractivity contribution in [3.63, 3.8) is 0 Å². The van der Waals surface area contributed by atoms with Gasteiger partial charge in [0.25, 0.3) is 0 Å². The molecule has 2 rings (SSSR count). The minimum absolute atomic E-state index is 0.124. The molecule has 0 spiro atoms. The van der Waals surface area contributed by atoms with E-state index < -0.39 is 5.97 Å². The lowest BCUT2D eigenvalue weighted by Crippen LogP contribution is -2.12. The predicted octanol–water partition coefficient (Wildman–Crippen LogP) is 1.31. The van der Waals surface area contributed by atoms with Crippen LogP contribution in [0.25, 0.3) is 10.8 Å². The monoisotopic (exact) mass is 217 g/mol. The number of aromatic nitrogens is 1. The first-order chi connectivity index (χ1) is 7.68. The van der Waals surface area contributed by atoms with E-state index in [0.29, 0.717) is 5.69 Å². The van der Waals surface area contributed by atoms with Crippen molar-refractivity contribution >= 4 is 28.1 Å². The molecule has 0 radical (unpaired) electrons. The second kappa shape index (κ2) is 4.06. The number of aliphatic carboxylic acids is 1. The molecule has 0 aliphatic carbocycles. The zero-order chi connectivity index (χ0) is 11.5. The molecule has 1 aromatic heterocycles. The molecule has 5 heteroatoms. The van der Waals surface area contributed by atoms with Crippen molar-refractivity contribution in [2.75, 3.05) is 17.6 Å². The van der Waals surface area contributed by atoms with Gasteiger partial charge in [-0.3, -0.25) is 9.78 Å². The minimum Gasteiger partial charge on any atom is -0.480 e. The third-order valence-corrected chi connectivity index (χ3v) is 2.28. The Balaban J connectivity index is 2.46. The zero-order valence-electron chi connectivity index (χ0n) is 8.47. The number of nitrogens with one attached hydrogen (secondary N) is 1. The van der Waals surface area contributed by atoms with Crippen LogP contribution in [0.2, 0.25) is 0 Å². The molecule has 0 saturated heterocycles. The molecule has 1 aromatic carbocycles. The second-order valence-electron chi connectivity index (χ2n) is 3.37. The van der Waals surface area contributed by atoms with Crippen molar-refractivity contribution in [3.8, 4) is 0 Å². The number of fused-ring (bicyclic) bond motifs is 1. The number of benzene rings is 1. The van der Waals surface area contributed by atoms with E-state index in [2.05, 4.69) is 10.3 Å². The number of pyridine rings is 1. The van der Waals surface area contributed by atoms with Crippen LogP contribution in [0.4, 0.5) is 11.4 Å². The standard InChI is InChI=1S/C11H11N3O2/c12-9-1-2-10(14-6-11(15)16)7-3-4-13-5-8(7)9/h1-5,14H,6,12H2,(H,15,16). The van der Waals surface area contributed by atoms with Crippen molar-refractivity contribution in [3.05, 3.63) is 30.6 Å². The first-order valence-electron chi connectivity index (χ1n) is 4.76. The first-order valence-corrected chi connectivity index (χ1v) is 4.76. The summed E-state index contributed by atoms with van der Waals surface area (Å²) in [5, 5.41) is 13.1. The second-order valence-corrected chi connectivity index (χ2v) is 3.37. The number of nitrogens with zero attached hydrogens (tertiary/aromatic N) is 1. The third-order valence-electron chi connectivity index (χ3n) is 2.28. The molecule has 0 fully saturated rings. The van der Waals surface area contributed by atoms with Gasteiger partial charge in [0.2, 0.25) is 0 Å². The Labute approximate surface area is 91.9 Å². The van der Waals surface area contributed by atoms with Crippen molar-refractivity contribution in [1.82, 2.24) is 4.98 Å². The molecule has 1 heterocycles. The number of rotatable bonds is 3. The first kappa shape index (κ1) is 10.2. The van der Waals surface area contributed by atoms with Crippen LogP contribution in [0, 0.1) is 0 Å². The fraction of sp³-hybridized carbons (Fsp3) is 0.0909. The fourth-order valence-electron chi connectivity index (χ4n) is 1.54. The molecule has 5 nitrogen and oxygen atoms in total.